The largest absolute Gasteiger partial charge is 0.494 e. The molecule has 1 unspecified atom stereocenters. The van der Waals surface area contributed by atoms with Crippen LogP contribution in [0, 0.1) is 5.92 Å². The number of rotatable bonds is 6. The zero-order valence-corrected chi connectivity index (χ0v) is 10.6. The van der Waals surface area contributed by atoms with Crippen molar-refractivity contribution in [2.24, 2.45) is 11.7 Å². The first-order valence-corrected chi connectivity index (χ1v) is 6.10. The van der Waals surface area contributed by atoms with E-state index < -0.39 is 0 Å². The first kappa shape index (κ1) is 13.0. The molecule has 0 aliphatic carbocycles. The second-order valence-corrected chi connectivity index (χ2v) is 4.53. The molecule has 90 valence electrons. The van der Waals surface area contributed by atoms with Gasteiger partial charge in [-0.2, -0.15) is 0 Å². The van der Waals surface area contributed by atoms with Gasteiger partial charge in [-0.1, -0.05) is 26.0 Å². The molecule has 0 saturated heterocycles. The highest BCUT2D eigenvalue weighted by molar-refractivity contribution is 5.28. The second kappa shape index (κ2) is 6.54. The van der Waals surface area contributed by atoms with E-state index >= 15 is 0 Å². The second-order valence-electron chi connectivity index (χ2n) is 4.53. The van der Waals surface area contributed by atoms with Gasteiger partial charge in [0.15, 0.2) is 0 Å². The molecule has 0 radical (unpaired) electrons. The molecule has 0 fully saturated rings. The van der Waals surface area contributed by atoms with Crippen LogP contribution in [-0.2, 0) is 6.42 Å². The Morgan fingerprint density at radius 1 is 1.31 bits per heavy atom. The minimum Gasteiger partial charge on any atom is -0.494 e. The number of benzene rings is 1. The highest BCUT2D eigenvalue weighted by Gasteiger charge is 2.07. The monoisotopic (exact) mass is 221 g/mol. The van der Waals surface area contributed by atoms with Gasteiger partial charge in [0.1, 0.15) is 5.75 Å². The maximum atomic E-state index is 6.03. The third-order valence-corrected chi connectivity index (χ3v) is 2.83. The van der Waals surface area contributed by atoms with Crippen LogP contribution >= 0.6 is 0 Å². The maximum absolute atomic E-state index is 6.03. The molecule has 1 rings (SSSR count). The van der Waals surface area contributed by atoms with Crippen molar-refractivity contribution in [1.29, 1.82) is 0 Å². The lowest BCUT2D eigenvalue weighted by Gasteiger charge is -2.15. The first-order chi connectivity index (χ1) is 7.63. The van der Waals surface area contributed by atoms with E-state index in [4.69, 9.17) is 10.5 Å². The highest BCUT2D eigenvalue weighted by atomic mass is 16.5. The smallest absolute Gasteiger partial charge is 0.119 e. The van der Waals surface area contributed by atoms with Crippen molar-refractivity contribution in [3.8, 4) is 5.75 Å². The molecule has 2 heteroatoms. The summed E-state index contributed by atoms with van der Waals surface area (Å²) in [6.45, 7) is 7.05. The molecule has 1 atom stereocenters. The highest BCUT2D eigenvalue weighted by Crippen LogP contribution is 2.16. The maximum Gasteiger partial charge on any atom is 0.119 e. The topological polar surface area (TPSA) is 35.2 Å². The van der Waals surface area contributed by atoms with Crippen LogP contribution in [0.15, 0.2) is 24.3 Å². The summed E-state index contributed by atoms with van der Waals surface area (Å²) in [6.07, 6.45) is 2.06. The molecule has 2 nitrogen and oxygen atoms in total. The molecule has 0 saturated carbocycles. The predicted molar refractivity (Wildman–Crippen MR) is 68.7 cm³/mol. The molecule has 1 aromatic carbocycles. The predicted octanol–water partition coefficient (Wildman–Crippen LogP) is 3.00. The van der Waals surface area contributed by atoms with E-state index in [9.17, 15) is 0 Å². The molecule has 0 bridgehead atoms. The minimum atomic E-state index is 0.288. The summed E-state index contributed by atoms with van der Waals surface area (Å²) in [5.41, 5.74) is 7.34. The lowest BCUT2D eigenvalue weighted by molar-refractivity contribution is 0.340. The molecule has 0 spiro atoms. The number of nitrogens with two attached hydrogens (primary N) is 1. The van der Waals surface area contributed by atoms with Crippen LogP contribution in [0.2, 0.25) is 0 Å². The average molecular weight is 221 g/mol. The Labute approximate surface area is 98.8 Å². The fourth-order valence-corrected chi connectivity index (χ4v) is 1.62. The van der Waals surface area contributed by atoms with Gasteiger partial charge in [-0.15, -0.1) is 0 Å². The molecule has 0 aromatic heterocycles. The number of aryl methyl sites for hydroxylation is 1. The molecule has 1 aromatic rings. The normalized spacial score (nSPS) is 12.8. The van der Waals surface area contributed by atoms with Gasteiger partial charge in [0.25, 0.3) is 0 Å². The van der Waals surface area contributed by atoms with Crippen LogP contribution in [0.4, 0.5) is 0 Å². The summed E-state index contributed by atoms with van der Waals surface area (Å²) in [7, 11) is 0. The van der Waals surface area contributed by atoms with Gasteiger partial charge in [-0.3, -0.25) is 0 Å². The van der Waals surface area contributed by atoms with Crippen LogP contribution in [0.3, 0.4) is 0 Å². The van der Waals surface area contributed by atoms with E-state index in [1.807, 2.05) is 19.1 Å². The van der Waals surface area contributed by atoms with Crippen molar-refractivity contribution in [1.82, 2.24) is 0 Å². The molecule has 16 heavy (non-hydrogen) atoms. The van der Waals surface area contributed by atoms with Gasteiger partial charge in [0.2, 0.25) is 0 Å². The lowest BCUT2D eigenvalue weighted by atomic mass is 9.97. The van der Waals surface area contributed by atoms with Crippen LogP contribution in [0.1, 0.15) is 32.8 Å². The van der Waals surface area contributed by atoms with Gasteiger partial charge in [-0.25, -0.2) is 0 Å². The van der Waals surface area contributed by atoms with E-state index in [1.165, 1.54) is 5.56 Å². The molecule has 0 amide bonds. The molecular weight excluding hydrogens is 198 g/mol. The Bertz CT molecular complexity index is 309. The van der Waals surface area contributed by atoms with Gasteiger partial charge >= 0.3 is 0 Å². The molecule has 0 heterocycles. The lowest BCUT2D eigenvalue weighted by Crippen LogP contribution is -2.26. The standard InChI is InChI=1S/C14H23NO/c1-4-16-13-7-5-6-12(10-13)8-9-14(15)11(2)3/h5-7,10-11,14H,4,8-9,15H2,1-3H3. The van der Waals surface area contributed by atoms with E-state index in [-0.39, 0.29) is 6.04 Å². The Morgan fingerprint density at radius 2 is 2.06 bits per heavy atom. The summed E-state index contributed by atoms with van der Waals surface area (Å²) in [5.74, 6) is 1.51. The number of hydrogen-bond acceptors (Lipinski definition) is 2. The van der Waals surface area contributed by atoms with Crippen LogP contribution in [-0.4, -0.2) is 12.6 Å². The Hall–Kier alpha value is -1.02. The van der Waals surface area contributed by atoms with Crippen molar-refractivity contribution < 1.29 is 4.74 Å². The van der Waals surface area contributed by atoms with Crippen molar-refractivity contribution in [3.63, 3.8) is 0 Å². The van der Waals surface area contributed by atoms with Crippen LogP contribution < -0.4 is 10.5 Å². The quantitative estimate of drug-likeness (QED) is 0.801. The Kier molecular flexibility index (Phi) is 5.33. The molecule has 0 aliphatic heterocycles. The van der Waals surface area contributed by atoms with Gasteiger partial charge in [0.05, 0.1) is 6.61 Å². The van der Waals surface area contributed by atoms with Crippen molar-refractivity contribution >= 4 is 0 Å². The minimum absolute atomic E-state index is 0.288. The Balaban J connectivity index is 2.50. The van der Waals surface area contributed by atoms with E-state index in [1.54, 1.807) is 0 Å². The van der Waals surface area contributed by atoms with E-state index in [0.29, 0.717) is 5.92 Å². The zero-order valence-electron chi connectivity index (χ0n) is 10.6. The zero-order chi connectivity index (χ0) is 12.0. The third-order valence-electron chi connectivity index (χ3n) is 2.83. The molecular formula is C14H23NO. The number of hydrogen-bond donors (Lipinski definition) is 1. The first-order valence-electron chi connectivity index (χ1n) is 6.10. The summed E-state index contributed by atoms with van der Waals surface area (Å²) in [6, 6.07) is 8.57. The van der Waals surface area contributed by atoms with E-state index in [0.717, 1.165) is 25.2 Å². The molecule has 0 aliphatic rings. The summed E-state index contributed by atoms with van der Waals surface area (Å²) >= 11 is 0. The fourth-order valence-electron chi connectivity index (χ4n) is 1.62. The fraction of sp³-hybridized carbons (Fsp3) is 0.571. The van der Waals surface area contributed by atoms with Crippen LogP contribution in [0.5, 0.6) is 5.75 Å². The third kappa shape index (κ3) is 4.23. The van der Waals surface area contributed by atoms with Crippen LogP contribution in [0.25, 0.3) is 0 Å². The van der Waals surface area contributed by atoms with Crippen molar-refractivity contribution in [2.45, 2.75) is 39.7 Å². The molecule has 2 N–H and O–H groups in total. The van der Waals surface area contributed by atoms with Crippen molar-refractivity contribution in [2.75, 3.05) is 6.61 Å². The Morgan fingerprint density at radius 3 is 2.69 bits per heavy atom. The summed E-state index contributed by atoms with van der Waals surface area (Å²) in [5, 5.41) is 0. The summed E-state index contributed by atoms with van der Waals surface area (Å²) in [4.78, 5) is 0. The van der Waals surface area contributed by atoms with E-state index in [2.05, 4.69) is 26.0 Å². The SMILES string of the molecule is CCOc1cccc(CCC(N)C(C)C)c1. The number of ether oxygens (including phenoxy) is 1. The van der Waals surface area contributed by atoms with Gasteiger partial charge in [0, 0.05) is 6.04 Å². The summed E-state index contributed by atoms with van der Waals surface area (Å²) < 4.78 is 5.47. The van der Waals surface area contributed by atoms with Crippen molar-refractivity contribution in [3.05, 3.63) is 29.8 Å². The van der Waals surface area contributed by atoms with Gasteiger partial charge in [-0.05, 0) is 43.4 Å². The average Bonchev–Trinajstić information content (AvgIpc) is 2.26. The van der Waals surface area contributed by atoms with Gasteiger partial charge < -0.3 is 10.5 Å².